The Labute approximate surface area is 145 Å². The second kappa shape index (κ2) is 8.10. The SMILES string of the molecule is CC(C)CCC(NC(=O)c1cn(C2CCNCC2)nn1)C(C)(C)C. The molecule has 136 valence electrons. The third-order valence-corrected chi connectivity index (χ3v) is 4.81. The molecule has 1 aliphatic rings. The van der Waals surface area contributed by atoms with E-state index in [0.29, 0.717) is 17.7 Å². The molecule has 1 amide bonds. The standard InChI is InChI=1S/C18H33N5O/c1-13(2)6-7-16(18(3,4)5)20-17(24)15-12-23(22-21-15)14-8-10-19-11-9-14/h12-14,16,19H,6-11H2,1-5H3,(H,20,24). The lowest BCUT2D eigenvalue weighted by Gasteiger charge is -2.32. The lowest BCUT2D eigenvalue weighted by molar-refractivity contribution is 0.0889. The highest BCUT2D eigenvalue weighted by Crippen LogP contribution is 2.25. The zero-order valence-corrected chi connectivity index (χ0v) is 15.8. The van der Waals surface area contributed by atoms with Gasteiger partial charge < -0.3 is 10.6 Å². The van der Waals surface area contributed by atoms with Crippen molar-refractivity contribution in [3.05, 3.63) is 11.9 Å². The topological polar surface area (TPSA) is 71.8 Å². The lowest BCUT2D eigenvalue weighted by Crippen LogP contribution is -2.44. The Kier molecular flexibility index (Phi) is 6.38. The van der Waals surface area contributed by atoms with Gasteiger partial charge in [0.25, 0.3) is 5.91 Å². The number of aromatic nitrogens is 3. The highest BCUT2D eigenvalue weighted by atomic mass is 16.2. The molecular formula is C18H33N5O. The predicted molar refractivity (Wildman–Crippen MR) is 95.9 cm³/mol. The van der Waals surface area contributed by atoms with Crippen LogP contribution in [0.5, 0.6) is 0 Å². The van der Waals surface area contributed by atoms with Gasteiger partial charge >= 0.3 is 0 Å². The number of rotatable bonds is 6. The zero-order chi connectivity index (χ0) is 17.7. The van der Waals surface area contributed by atoms with E-state index in [-0.39, 0.29) is 17.4 Å². The molecule has 2 heterocycles. The number of hydrogen-bond donors (Lipinski definition) is 2. The molecule has 0 aliphatic carbocycles. The third kappa shape index (κ3) is 5.30. The van der Waals surface area contributed by atoms with Crippen LogP contribution in [0.4, 0.5) is 0 Å². The molecule has 6 heteroatoms. The van der Waals surface area contributed by atoms with E-state index in [9.17, 15) is 4.79 Å². The van der Waals surface area contributed by atoms with Gasteiger partial charge in [0.2, 0.25) is 0 Å². The van der Waals surface area contributed by atoms with E-state index >= 15 is 0 Å². The molecule has 24 heavy (non-hydrogen) atoms. The summed E-state index contributed by atoms with van der Waals surface area (Å²) in [5.41, 5.74) is 0.447. The molecule has 1 fully saturated rings. The minimum Gasteiger partial charge on any atom is -0.347 e. The molecule has 6 nitrogen and oxygen atoms in total. The second-order valence-corrected chi connectivity index (χ2v) is 8.43. The molecule has 2 N–H and O–H groups in total. The Balaban J connectivity index is 2.00. The highest BCUT2D eigenvalue weighted by Gasteiger charge is 2.28. The maximum atomic E-state index is 12.6. The van der Waals surface area contributed by atoms with E-state index in [0.717, 1.165) is 38.8 Å². The van der Waals surface area contributed by atoms with Crippen LogP contribution in [-0.4, -0.2) is 40.0 Å². The number of piperidine rings is 1. The summed E-state index contributed by atoms with van der Waals surface area (Å²) in [6.45, 7) is 12.9. The minimum absolute atomic E-state index is 0.0234. The summed E-state index contributed by atoms with van der Waals surface area (Å²) in [7, 11) is 0. The van der Waals surface area contributed by atoms with Crippen LogP contribution in [0.2, 0.25) is 0 Å². The van der Waals surface area contributed by atoms with Gasteiger partial charge in [0.15, 0.2) is 5.69 Å². The van der Waals surface area contributed by atoms with Crippen LogP contribution in [-0.2, 0) is 0 Å². The molecule has 1 aromatic heterocycles. The van der Waals surface area contributed by atoms with Crippen LogP contribution >= 0.6 is 0 Å². The Hall–Kier alpha value is -1.43. The van der Waals surface area contributed by atoms with Crippen LogP contribution < -0.4 is 10.6 Å². The summed E-state index contributed by atoms with van der Waals surface area (Å²) in [4.78, 5) is 12.6. The summed E-state index contributed by atoms with van der Waals surface area (Å²) in [5.74, 6) is 0.520. The molecule has 0 bridgehead atoms. The molecule has 1 aromatic rings. The quantitative estimate of drug-likeness (QED) is 0.838. The van der Waals surface area contributed by atoms with Gasteiger partial charge in [0, 0.05) is 6.04 Å². The fourth-order valence-electron chi connectivity index (χ4n) is 3.08. The monoisotopic (exact) mass is 335 g/mol. The van der Waals surface area contributed by atoms with Crippen LogP contribution in [0.25, 0.3) is 0 Å². The Morgan fingerprint density at radius 2 is 2.00 bits per heavy atom. The first-order valence-electron chi connectivity index (χ1n) is 9.20. The maximum absolute atomic E-state index is 12.6. The Morgan fingerprint density at radius 1 is 1.33 bits per heavy atom. The minimum atomic E-state index is -0.112. The van der Waals surface area contributed by atoms with E-state index in [1.165, 1.54) is 0 Å². The first-order chi connectivity index (χ1) is 11.3. The number of nitrogens with one attached hydrogen (secondary N) is 2. The third-order valence-electron chi connectivity index (χ3n) is 4.81. The van der Waals surface area contributed by atoms with Crippen molar-refractivity contribution in [2.24, 2.45) is 11.3 Å². The van der Waals surface area contributed by atoms with Gasteiger partial charge in [0.05, 0.1) is 12.2 Å². The summed E-state index contributed by atoms with van der Waals surface area (Å²) in [6, 6.07) is 0.482. The molecule has 0 saturated carbocycles. The number of carbonyl (C=O) groups is 1. The summed E-state index contributed by atoms with van der Waals surface area (Å²) >= 11 is 0. The molecule has 1 unspecified atom stereocenters. The van der Waals surface area contributed by atoms with Crippen molar-refractivity contribution in [1.82, 2.24) is 25.6 Å². The van der Waals surface area contributed by atoms with E-state index in [1.807, 2.05) is 4.68 Å². The first-order valence-corrected chi connectivity index (χ1v) is 9.20. The van der Waals surface area contributed by atoms with E-state index < -0.39 is 0 Å². The number of carbonyl (C=O) groups excluding carboxylic acids is 1. The fourth-order valence-corrected chi connectivity index (χ4v) is 3.08. The van der Waals surface area contributed by atoms with Gasteiger partial charge in [-0.25, -0.2) is 4.68 Å². The predicted octanol–water partition coefficient (Wildman–Crippen LogP) is 2.78. The normalized spacial score (nSPS) is 17.9. The van der Waals surface area contributed by atoms with E-state index in [1.54, 1.807) is 6.20 Å². The number of amides is 1. The van der Waals surface area contributed by atoms with Gasteiger partial charge in [0.1, 0.15) is 0 Å². The largest absolute Gasteiger partial charge is 0.347 e. The second-order valence-electron chi connectivity index (χ2n) is 8.43. The molecule has 0 radical (unpaired) electrons. The van der Waals surface area contributed by atoms with Gasteiger partial charge in [-0.15, -0.1) is 5.10 Å². The molecule has 0 spiro atoms. The van der Waals surface area contributed by atoms with E-state index in [2.05, 4.69) is 55.6 Å². The molecule has 1 saturated heterocycles. The number of hydrogen-bond acceptors (Lipinski definition) is 4. The van der Waals surface area contributed by atoms with Crippen molar-refractivity contribution in [3.8, 4) is 0 Å². The first kappa shape index (κ1) is 18.9. The van der Waals surface area contributed by atoms with Gasteiger partial charge in [-0.05, 0) is 50.1 Å². The van der Waals surface area contributed by atoms with Gasteiger partial charge in [-0.1, -0.05) is 39.8 Å². The van der Waals surface area contributed by atoms with Crippen LogP contribution in [0.1, 0.15) is 76.8 Å². The van der Waals surface area contributed by atoms with Crippen molar-refractivity contribution < 1.29 is 4.79 Å². The van der Waals surface area contributed by atoms with Crippen molar-refractivity contribution in [1.29, 1.82) is 0 Å². The van der Waals surface area contributed by atoms with Crippen LogP contribution in [0, 0.1) is 11.3 Å². The zero-order valence-electron chi connectivity index (χ0n) is 15.8. The molecular weight excluding hydrogens is 302 g/mol. The Morgan fingerprint density at radius 3 is 2.58 bits per heavy atom. The van der Waals surface area contributed by atoms with Gasteiger partial charge in [-0.3, -0.25) is 4.79 Å². The van der Waals surface area contributed by atoms with Gasteiger partial charge in [-0.2, -0.15) is 0 Å². The fraction of sp³-hybridized carbons (Fsp3) is 0.833. The lowest BCUT2D eigenvalue weighted by atomic mass is 9.82. The van der Waals surface area contributed by atoms with Crippen LogP contribution in [0.15, 0.2) is 6.20 Å². The van der Waals surface area contributed by atoms with Crippen LogP contribution in [0.3, 0.4) is 0 Å². The summed E-state index contributed by atoms with van der Waals surface area (Å²) in [5, 5.41) is 14.8. The van der Waals surface area contributed by atoms with Crippen molar-refractivity contribution in [3.63, 3.8) is 0 Å². The maximum Gasteiger partial charge on any atom is 0.273 e. The van der Waals surface area contributed by atoms with Crippen molar-refractivity contribution >= 4 is 5.91 Å². The molecule has 2 rings (SSSR count). The molecule has 1 aliphatic heterocycles. The summed E-state index contributed by atoms with van der Waals surface area (Å²) < 4.78 is 1.86. The van der Waals surface area contributed by atoms with E-state index in [4.69, 9.17) is 0 Å². The molecule has 1 atom stereocenters. The van der Waals surface area contributed by atoms with Crippen molar-refractivity contribution in [2.75, 3.05) is 13.1 Å². The van der Waals surface area contributed by atoms with Crippen molar-refractivity contribution in [2.45, 2.75) is 72.4 Å². The Bertz CT molecular complexity index is 526. The average molecular weight is 335 g/mol. The molecule has 0 aromatic carbocycles. The smallest absolute Gasteiger partial charge is 0.273 e. The number of nitrogens with zero attached hydrogens (tertiary/aromatic N) is 3. The summed E-state index contributed by atoms with van der Waals surface area (Å²) in [6.07, 6.45) is 5.94. The average Bonchev–Trinajstić information content (AvgIpc) is 3.00. The highest BCUT2D eigenvalue weighted by molar-refractivity contribution is 5.92.